The molecule has 3 aromatic rings. The van der Waals surface area contributed by atoms with Gasteiger partial charge in [0.15, 0.2) is 5.82 Å². The number of rotatable bonds is 7. The predicted octanol–water partition coefficient (Wildman–Crippen LogP) is 2.50. The summed E-state index contributed by atoms with van der Waals surface area (Å²) in [6.45, 7) is 1.24. The van der Waals surface area contributed by atoms with E-state index in [-0.39, 0.29) is 0 Å². The monoisotopic (exact) mass is 322 g/mol. The van der Waals surface area contributed by atoms with Crippen LogP contribution in [0.4, 0.5) is 11.8 Å². The van der Waals surface area contributed by atoms with Crippen molar-refractivity contribution in [3.05, 3.63) is 66.1 Å². The second kappa shape index (κ2) is 7.87. The van der Waals surface area contributed by atoms with Gasteiger partial charge in [-0.25, -0.2) is 0 Å². The molecule has 0 radical (unpaired) electrons. The van der Waals surface area contributed by atoms with Crippen molar-refractivity contribution < 1.29 is 4.74 Å². The van der Waals surface area contributed by atoms with E-state index in [1.165, 1.54) is 0 Å². The van der Waals surface area contributed by atoms with Gasteiger partial charge in [-0.1, -0.05) is 18.2 Å². The van der Waals surface area contributed by atoms with Crippen molar-refractivity contribution in [2.24, 2.45) is 0 Å². The highest BCUT2D eigenvalue weighted by Gasteiger charge is 2.01. The van der Waals surface area contributed by atoms with Gasteiger partial charge in [0.05, 0.1) is 13.3 Å². The molecule has 122 valence electrons. The lowest BCUT2D eigenvalue weighted by Gasteiger charge is -2.08. The molecule has 0 aliphatic carbocycles. The first-order valence-electron chi connectivity index (χ1n) is 7.53. The summed E-state index contributed by atoms with van der Waals surface area (Å²) in [5.41, 5.74) is 2.18. The molecule has 0 unspecified atom stereocenters. The Morgan fingerprint density at radius 2 is 1.79 bits per heavy atom. The van der Waals surface area contributed by atoms with Gasteiger partial charge in [0.1, 0.15) is 5.75 Å². The SMILES string of the molecule is COc1ccc(CNc2nncc(NCc3cccnc3)n2)cc1. The summed E-state index contributed by atoms with van der Waals surface area (Å²) in [5, 5.41) is 14.3. The molecule has 0 bridgehead atoms. The van der Waals surface area contributed by atoms with Crippen LogP contribution in [0, 0.1) is 0 Å². The third kappa shape index (κ3) is 4.39. The predicted molar refractivity (Wildman–Crippen MR) is 91.7 cm³/mol. The van der Waals surface area contributed by atoms with Crippen LogP contribution >= 0.6 is 0 Å². The minimum absolute atomic E-state index is 0.474. The van der Waals surface area contributed by atoms with Gasteiger partial charge in [0.2, 0.25) is 5.95 Å². The van der Waals surface area contributed by atoms with E-state index in [9.17, 15) is 0 Å². The van der Waals surface area contributed by atoms with Gasteiger partial charge in [-0.2, -0.15) is 10.1 Å². The van der Waals surface area contributed by atoms with E-state index in [0.717, 1.165) is 16.9 Å². The molecular weight excluding hydrogens is 304 g/mol. The van der Waals surface area contributed by atoms with E-state index in [4.69, 9.17) is 4.74 Å². The largest absolute Gasteiger partial charge is 0.497 e. The minimum Gasteiger partial charge on any atom is -0.497 e. The summed E-state index contributed by atoms with van der Waals surface area (Å²) in [6.07, 6.45) is 5.15. The van der Waals surface area contributed by atoms with E-state index in [1.54, 1.807) is 19.5 Å². The lowest BCUT2D eigenvalue weighted by atomic mass is 10.2. The van der Waals surface area contributed by atoms with Crippen molar-refractivity contribution in [1.29, 1.82) is 0 Å². The minimum atomic E-state index is 0.474. The van der Waals surface area contributed by atoms with E-state index in [2.05, 4.69) is 30.8 Å². The molecule has 0 spiro atoms. The Hall–Kier alpha value is -3.22. The van der Waals surface area contributed by atoms with Crippen molar-refractivity contribution in [3.63, 3.8) is 0 Å². The molecule has 7 heteroatoms. The molecule has 0 amide bonds. The second-order valence-corrected chi connectivity index (χ2v) is 5.08. The number of aromatic nitrogens is 4. The quantitative estimate of drug-likeness (QED) is 0.691. The summed E-state index contributed by atoms with van der Waals surface area (Å²) in [5.74, 6) is 1.96. The molecule has 0 fully saturated rings. The average molecular weight is 322 g/mol. The zero-order valence-corrected chi connectivity index (χ0v) is 13.3. The molecule has 2 N–H and O–H groups in total. The van der Waals surface area contributed by atoms with E-state index in [1.807, 2.05) is 42.6 Å². The van der Waals surface area contributed by atoms with Gasteiger partial charge < -0.3 is 15.4 Å². The van der Waals surface area contributed by atoms with Crippen molar-refractivity contribution in [1.82, 2.24) is 20.2 Å². The molecule has 3 rings (SSSR count). The Bertz CT molecular complexity index is 764. The van der Waals surface area contributed by atoms with Crippen LogP contribution in [-0.4, -0.2) is 27.3 Å². The maximum atomic E-state index is 5.14. The lowest BCUT2D eigenvalue weighted by Crippen LogP contribution is -2.08. The van der Waals surface area contributed by atoms with Crippen LogP contribution in [0.1, 0.15) is 11.1 Å². The van der Waals surface area contributed by atoms with E-state index >= 15 is 0 Å². The number of pyridine rings is 1. The van der Waals surface area contributed by atoms with Crippen molar-refractivity contribution in [3.8, 4) is 5.75 Å². The number of ether oxygens (including phenoxy) is 1. The highest BCUT2D eigenvalue weighted by atomic mass is 16.5. The van der Waals surface area contributed by atoms with Gasteiger partial charge >= 0.3 is 0 Å². The first-order chi connectivity index (χ1) is 11.8. The van der Waals surface area contributed by atoms with Crippen LogP contribution in [0.15, 0.2) is 55.0 Å². The van der Waals surface area contributed by atoms with Crippen LogP contribution in [0.25, 0.3) is 0 Å². The van der Waals surface area contributed by atoms with Gasteiger partial charge in [0.25, 0.3) is 0 Å². The summed E-state index contributed by atoms with van der Waals surface area (Å²) >= 11 is 0. The van der Waals surface area contributed by atoms with Gasteiger partial charge in [0, 0.05) is 25.5 Å². The fourth-order valence-electron chi connectivity index (χ4n) is 2.08. The second-order valence-electron chi connectivity index (χ2n) is 5.08. The summed E-state index contributed by atoms with van der Waals surface area (Å²) in [7, 11) is 1.65. The van der Waals surface area contributed by atoms with Gasteiger partial charge in [-0.3, -0.25) is 4.98 Å². The van der Waals surface area contributed by atoms with Crippen molar-refractivity contribution in [2.45, 2.75) is 13.1 Å². The Balaban J connectivity index is 1.56. The van der Waals surface area contributed by atoms with Crippen molar-refractivity contribution >= 4 is 11.8 Å². The molecule has 7 nitrogen and oxygen atoms in total. The first-order valence-corrected chi connectivity index (χ1v) is 7.53. The fraction of sp³-hybridized carbons (Fsp3) is 0.176. The lowest BCUT2D eigenvalue weighted by molar-refractivity contribution is 0.414. The molecule has 2 aromatic heterocycles. The van der Waals surface area contributed by atoms with Gasteiger partial charge in [-0.05, 0) is 29.3 Å². The molecular formula is C17H18N6O. The normalized spacial score (nSPS) is 10.2. The zero-order valence-electron chi connectivity index (χ0n) is 13.3. The molecule has 0 aliphatic heterocycles. The maximum Gasteiger partial charge on any atom is 0.244 e. The molecule has 1 aromatic carbocycles. The molecule has 2 heterocycles. The number of nitrogens with zero attached hydrogens (tertiary/aromatic N) is 4. The van der Waals surface area contributed by atoms with Crippen LogP contribution in [-0.2, 0) is 13.1 Å². The van der Waals surface area contributed by atoms with E-state index in [0.29, 0.717) is 24.9 Å². The van der Waals surface area contributed by atoms with Crippen molar-refractivity contribution in [2.75, 3.05) is 17.7 Å². The number of benzene rings is 1. The van der Waals surface area contributed by atoms with Crippen LogP contribution in [0.3, 0.4) is 0 Å². The number of nitrogens with one attached hydrogen (secondary N) is 2. The highest BCUT2D eigenvalue weighted by molar-refractivity contribution is 5.38. The number of hydrogen-bond acceptors (Lipinski definition) is 7. The molecule has 0 saturated heterocycles. The third-order valence-corrected chi connectivity index (χ3v) is 3.36. The zero-order chi connectivity index (χ0) is 16.6. The standard InChI is InChI=1S/C17H18N6O/c1-24-15-6-4-13(5-7-15)10-20-17-22-16(12-21-23-17)19-11-14-3-2-8-18-9-14/h2-9,12H,10-11H2,1H3,(H2,19,20,22,23). The number of hydrogen-bond donors (Lipinski definition) is 2. The number of methoxy groups -OCH3 is 1. The average Bonchev–Trinajstić information content (AvgIpc) is 2.66. The first kappa shape index (κ1) is 15.7. The Labute approximate surface area is 140 Å². The molecule has 0 aliphatic rings. The maximum absolute atomic E-state index is 5.14. The summed E-state index contributed by atoms with van der Waals surface area (Å²) in [6, 6.07) is 11.7. The van der Waals surface area contributed by atoms with E-state index < -0.39 is 0 Å². The number of anilines is 2. The van der Waals surface area contributed by atoms with Crippen LogP contribution in [0.5, 0.6) is 5.75 Å². The van der Waals surface area contributed by atoms with Crippen LogP contribution < -0.4 is 15.4 Å². The molecule has 0 atom stereocenters. The topological polar surface area (TPSA) is 84.9 Å². The highest BCUT2D eigenvalue weighted by Crippen LogP contribution is 2.12. The third-order valence-electron chi connectivity index (χ3n) is 3.36. The summed E-state index contributed by atoms with van der Waals surface area (Å²) in [4.78, 5) is 8.48. The Kier molecular flexibility index (Phi) is 5.14. The summed E-state index contributed by atoms with van der Waals surface area (Å²) < 4.78 is 5.14. The Morgan fingerprint density at radius 1 is 0.958 bits per heavy atom. The van der Waals surface area contributed by atoms with Crippen LogP contribution in [0.2, 0.25) is 0 Å². The Morgan fingerprint density at radius 3 is 2.54 bits per heavy atom. The van der Waals surface area contributed by atoms with Gasteiger partial charge in [-0.15, -0.1) is 5.10 Å². The molecule has 24 heavy (non-hydrogen) atoms. The molecule has 0 saturated carbocycles. The smallest absolute Gasteiger partial charge is 0.244 e. The fourth-order valence-corrected chi connectivity index (χ4v) is 2.08.